The zero-order valence-electron chi connectivity index (χ0n) is 8.77. The van der Waals surface area contributed by atoms with Gasteiger partial charge < -0.3 is 10.2 Å². The average molecular weight is 208 g/mol. The third-order valence-electron chi connectivity index (χ3n) is 3.22. The van der Waals surface area contributed by atoms with E-state index in [1.54, 1.807) is 6.07 Å². The number of hydrogen-bond acceptors (Lipinski definition) is 2. The molecule has 0 amide bonds. The van der Waals surface area contributed by atoms with Crippen LogP contribution < -0.4 is 21.9 Å². The van der Waals surface area contributed by atoms with E-state index in [0.717, 1.165) is 18.2 Å². The number of fused-ring (bicyclic) bond motifs is 2. The van der Waals surface area contributed by atoms with Gasteiger partial charge in [-0.2, -0.15) is 0 Å². The lowest BCUT2D eigenvalue weighted by molar-refractivity contribution is 0.407. The summed E-state index contributed by atoms with van der Waals surface area (Å²) in [6.07, 6.45) is 0. The zero-order valence-corrected chi connectivity index (χ0v) is 8.77. The van der Waals surface area contributed by atoms with Gasteiger partial charge in [-0.1, -0.05) is 46.7 Å². The van der Waals surface area contributed by atoms with Crippen molar-refractivity contribution in [2.24, 2.45) is 0 Å². The number of phenols is 2. The molecule has 0 spiro atoms. The minimum Gasteiger partial charge on any atom is -0.505 e. The summed E-state index contributed by atoms with van der Waals surface area (Å²) < 4.78 is 0. The molecule has 0 saturated carbocycles. The van der Waals surface area contributed by atoms with Gasteiger partial charge in [0.25, 0.3) is 0 Å². The maximum atomic E-state index is 9.82. The summed E-state index contributed by atoms with van der Waals surface area (Å²) in [6, 6.07) is 11.7. The van der Waals surface area contributed by atoms with Crippen molar-refractivity contribution < 1.29 is 10.2 Å². The van der Waals surface area contributed by atoms with Crippen LogP contribution in [-0.2, 0) is 0 Å². The molecule has 1 heterocycles. The predicted octanol–water partition coefficient (Wildman–Crippen LogP) is -1.81. The molecule has 0 saturated heterocycles. The van der Waals surface area contributed by atoms with Crippen molar-refractivity contribution in [3.63, 3.8) is 0 Å². The van der Waals surface area contributed by atoms with Crippen LogP contribution in [0, 0.1) is 0 Å². The van der Waals surface area contributed by atoms with E-state index in [1.807, 2.05) is 18.2 Å². The molecule has 1 aliphatic heterocycles. The summed E-state index contributed by atoms with van der Waals surface area (Å²) in [5, 5.41) is 19.3. The molecule has 2 N–H and O–H groups in total. The Bertz CT molecular complexity index is 567. The molecule has 16 heavy (non-hydrogen) atoms. The molecule has 0 aromatic heterocycles. The largest absolute Gasteiger partial charge is 0.505 e. The number of benzene rings is 2. The molecule has 2 nitrogen and oxygen atoms in total. The van der Waals surface area contributed by atoms with Crippen LogP contribution in [0.15, 0.2) is 36.4 Å². The summed E-state index contributed by atoms with van der Waals surface area (Å²) in [5.74, 6) is 0.00475. The Labute approximate surface area is 95.0 Å². The van der Waals surface area contributed by atoms with Crippen LogP contribution in [0.1, 0.15) is 0 Å². The van der Waals surface area contributed by atoms with E-state index >= 15 is 0 Å². The Morgan fingerprint density at radius 3 is 2.19 bits per heavy atom. The highest BCUT2D eigenvalue weighted by atomic mass is 16.3. The Morgan fingerprint density at radius 1 is 0.750 bits per heavy atom. The molecule has 2 aromatic carbocycles. The van der Waals surface area contributed by atoms with E-state index in [-0.39, 0.29) is 11.5 Å². The van der Waals surface area contributed by atoms with Gasteiger partial charge in [0.05, 0.1) is 0 Å². The molecule has 3 rings (SSSR count). The Balaban J connectivity index is 2.16. The summed E-state index contributed by atoms with van der Waals surface area (Å²) in [7, 11) is 1.53. The quantitative estimate of drug-likeness (QED) is 0.337. The van der Waals surface area contributed by atoms with Gasteiger partial charge in [-0.25, -0.2) is 0 Å². The normalized spacial score (nSPS) is 12.0. The lowest BCUT2D eigenvalue weighted by Crippen LogP contribution is -2.56. The fourth-order valence-corrected chi connectivity index (χ4v) is 2.33. The Kier molecular flexibility index (Phi) is 1.96. The fraction of sp³-hybridized carbons (Fsp3) is 0. The highest BCUT2D eigenvalue weighted by Crippen LogP contribution is 2.19. The van der Waals surface area contributed by atoms with Gasteiger partial charge in [0.1, 0.15) is 0 Å². The van der Waals surface area contributed by atoms with Crippen molar-refractivity contribution in [2.75, 3.05) is 0 Å². The lowest BCUT2D eigenvalue weighted by atomic mass is 9.43. The van der Waals surface area contributed by atoms with Crippen molar-refractivity contribution in [3.05, 3.63) is 36.4 Å². The molecule has 0 unspecified atom stereocenters. The Morgan fingerprint density at radius 2 is 1.44 bits per heavy atom. The second-order valence-electron chi connectivity index (χ2n) is 4.19. The van der Waals surface area contributed by atoms with Gasteiger partial charge in [0.15, 0.2) is 26.1 Å². The topological polar surface area (TPSA) is 40.5 Å². The van der Waals surface area contributed by atoms with E-state index in [1.165, 1.54) is 10.9 Å². The maximum absolute atomic E-state index is 9.82. The van der Waals surface area contributed by atoms with Crippen molar-refractivity contribution in [1.82, 2.24) is 0 Å². The molecule has 1 aliphatic rings. The van der Waals surface area contributed by atoms with Gasteiger partial charge in [0.2, 0.25) is 0 Å². The fourth-order valence-electron chi connectivity index (χ4n) is 2.33. The molecule has 0 radical (unpaired) electrons. The van der Waals surface area contributed by atoms with E-state index < -0.39 is 0 Å². The number of hydrogen-bond donors (Lipinski definition) is 2. The van der Waals surface area contributed by atoms with Crippen LogP contribution >= 0.6 is 0 Å². The van der Waals surface area contributed by atoms with Gasteiger partial charge in [-0.15, -0.1) is 0 Å². The molecule has 0 aliphatic carbocycles. The third kappa shape index (κ3) is 1.30. The second-order valence-corrected chi connectivity index (χ2v) is 4.19. The second kappa shape index (κ2) is 3.34. The molecule has 4 heteroatoms. The van der Waals surface area contributed by atoms with Crippen LogP contribution in [0.3, 0.4) is 0 Å². The van der Waals surface area contributed by atoms with E-state index in [9.17, 15) is 10.2 Å². The third-order valence-corrected chi connectivity index (χ3v) is 3.22. The molecule has 76 valence electrons. The van der Waals surface area contributed by atoms with Crippen molar-refractivity contribution in [1.29, 1.82) is 0 Å². The summed E-state index contributed by atoms with van der Waals surface area (Å²) >= 11 is 0. The molecule has 0 atom stereocenters. The molecule has 0 fully saturated rings. The number of aromatic hydroxyl groups is 2. The zero-order chi connectivity index (χ0) is 11.1. The maximum Gasteiger partial charge on any atom is 0.195 e. The number of phenolic OH excluding ortho intramolecular Hbond substituents is 2. The van der Waals surface area contributed by atoms with Crippen LogP contribution in [0.5, 0.6) is 11.5 Å². The standard InChI is InChI=1S/C12H10B2O2/c15-10-6-5-9-11(12(10)16)14-8-4-2-1-3-7(8)13-9/h1-6,13-16H. The molecule has 2 aromatic rings. The highest BCUT2D eigenvalue weighted by molar-refractivity contribution is 6.87. The van der Waals surface area contributed by atoms with Crippen LogP contribution in [-0.4, -0.2) is 24.8 Å². The smallest absolute Gasteiger partial charge is 0.195 e. The van der Waals surface area contributed by atoms with Gasteiger partial charge >= 0.3 is 0 Å². The first-order valence-electron chi connectivity index (χ1n) is 5.35. The van der Waals surface area contributed by atoms with Gasteiger partial charge in [0, 0.05) is 0 Å². The average Bonchev–Trinajstić information content (AvgIpc) is 2.32. The van der Waals surface area contributed by atoms with Crippen molar-refractivity contribution in [2.45, 2.75) is 0 Å². The molecular formula is C12H10B2O2. The van der Waals surface area contributed by atoms with Gasteiger partial charge in [-0.3, -0.25) is 0 Å². The number of rotatable bonds is 0. The van der Waals surface area contributed by atoms with E-state index in [2.05, 4.69) is 12.1 Å². The first kappa shape index (κ1) is 9.40. The van der Waals surface area contributed by atoms with Crippen LogP contribution in [0.2, 0.25) is 0 Å². The van der Waals surface area contributed by atoms with E-state index in [4.69, 9.17) is 0 Å². The Hall–Kier alpha value is -1.83. The summed E-state index contributed by atoms with van der Waals surface area (Å²) in [6.45, 7) is 0. The van der Waals surface area contributed by atoms with Crippen molar-refractivity contribution >= 4 is 36.4 Å². The summed E-state index contributed by atoms with van der Waals surface area (Å²) in [4.78, 5) is 0. The monoisotopic (exact) mass is 208 g/mol. The lowest BCUT2D eigenvalue weighted by Gasteiger charge is -2.19. The first-order chi connectivity index (χ1) is 7.75. The van der Waals surface area contributed by atoms with Crippen molar-refractivity contribution in [3.8, 4) is 11.5 Å². The molecular weight excluding hydrogens is 198 g/mol. The highest BCUT2D eigenvalue weighted by Gasteiger charge is 2.21. The van der Waals surface area contributed by atoms with E-state index in [0.29, 0.717) is 7.28 Å². The van der Waals surface area contributed by atoms with Crippen LogP contribution in [0.4, 0.5) is 0 Å². The SMILES string of the molecule is Oc1ccc2c(c1O)Bc1ccccc1B2. The molecule has 0 bridgehead atoms. The first-order valence-corrected chi connectivity index (χ1v) is 5.35. The van der Waals surface area contributed by atoms with Gasteiger partial charge in [-0.05, 0) is 11.5 Å². The minimum atomic E-state index is -0.0295. The minimum absolute atomic E-state index is 0.0295. The summed E-state index contributed by atoms with van der Waals surface area (Å²) in [5.41, 5.74) is 4.50. The van der Waals surface area contributed by atoms with Crippen LogP contribution in [0.25, 0.3) is 0 Å². The predicted molar refractivity (Wildman–Crippen MR) is 69.0 cm³/mol.